The van der Waals surface area contributed by atoms with Crippen LogP contribution in [0.2, 0.25) is 0 Å². The van der Waals surface area contributed by atoms with E-state index < -0.39 is 0 Å². The average Bonchev–Trinajstić information content (AvgIpc) is 3.10. The second-order valence-electron chi connectivity index (χ2n) is 5.88. The Morgan fingerprint density at radius 3 is 2.86 bits per heavy atom. The molecule has 1 fully saturated rings. The maximum Gasteiger partial charge on any atom is 0.193 e. The number of halogens is 1. The quantitative estimate of drug-likeness (QED) is 0.449. The predicted molar refractivity (Wildman–Crippen MR) is 97.8 cm³/mol. The summed E-state index contributed by atoms with van der Waals surface area (Å²) < 4.78 is 10.7. The van der Waals surface area contributed by atoms with Crippen LogP contribution in [-0.2, 0) is 11.3 Å². The van der Waals surface area contributed by atoms with Gasteiger partial charge in [0.2, 0.25) is 0 Å². The molecule has 22 heavy (non-hydrogen) atoms. The van der Waals surface area contributed by atoms with Crippen molar-refractivity contribution in [3.8, 4) is 0 Å². The SMILES string of the molecule is CN=C(NCc1cc(C(C)C)no1)N(C)CC1CCOC1.I. The van der Waals surface area contributed by atoms with Crippen LogP contribution in [0.25, 0.3) is 0 Å². The van der Waals surface area contributed by atoms with Gasteiger partial charge in [-0.3, -0.25) is 4.99 Å². The van der Waals surface area contributed by atoms with E-state index in [0.717, 1.165) is 43.6 Å². The van der Waals surface area contributed by atoms with Crippen LogP contribution in [0.4, 0.5) is 0 Å². The van der Waals surface area contributed by atoms with Crippen molar-refractivity contribution in [2.75, 3.05) is 33.9 Å². The van der Waals surface area contributed by atoms with E-state index in [2.05, 4.69) is 34.2 Å². The summed E-state index contributed by atoms with van der Waals surface area (Å²) in [5.41, 5.74) is 0.984. The minimum atomic E-state index is 0. The molecule has 1 unspecified atom stereocenters. The summed E-state index contributed by atoms with van der Waals surface area (Å²) in [6.45, 7) is 7.48. The fourth-order valence-electron chi connectivity index (χ4n) is 2.44. The number of aromatic nitrogens is 1. The summed E-state index contributed by atoms with van der Waals surface area (Å²) in [6.07, 6.45) is 1.13. The van der Waals surface area contributed by atoms with Crippen LogP contribution in [0, 0.1) is 5.92 Å². The first-order valence-corrected chi connectivity index (χ1v) is 7.55. The first kappa shape index (κ1) is 19.2. The fraction of sp³-hybridized carbons (Fsp3) is 0.733. The van der Waals surface area contributed by atoms with Gasteiger partial charge in [0.05, 0.1) is 18.8 Å². The van der Waals surface area contributed by atoms with E-state index in [1.54, 1.807) is 7.05 Å². The minimum absolute atomic E-state index is 0. The molecular formula is C15H27IN4O2. The van der Waals surface area contributed by atoms with Gasteiger partial charge in [-0.25, -0.2) is 0 Å². The Balaban J connectivity index is 0.00000242. The van der Waals surface area contributed by atoms with E-state index in [1.807, 2.05) is 13.1 Å². The van der Waals surface area contributed by atoms with Crippen LogP contribution < -0.4 is 5.32 Å². The molecule has 0 saturated carbocycles. The molecule has 7 heteroatoms. The van der Waals surface area contributed by atoms with E-state index in [-0.39, 0.29) is 24.0 Å². The van der Waals surface area contributed by atoms with Crippen LogP contribution >= 0.6 is 24.0 Å². The highest BCUT2D eigenvalue weighted by Crippen LogP contribution is 2.15. The first-order chi connectivity index (χ1) is 10.1. The van der Waals surface area contributed by atoms with Crippen molar-refractivity contribution in [1.29, 1.82) is 0 Å². The molecule has 2 rings (SSSR count). The molecule has 1 aromatic heterocycles. The average molecular weight is 422 g/mol. The Kier molecular flexibility index (Phi) is 8.16. The zero-order valence-electron chi connectivity index (χ0n) is 13.8. The summed E-state index contributed by atoms with van der Waals surface area (Å²) in [7, 11) is 3.84. The predicted octanol–water partition coefficient (Wildman–Crippen LogP) is 2.46. The molecule has 0 amide bonds. The molecule has 126 valence electrons. The van der Waals surface area contributed by atoms with Crippen molar-refractivity contribution in [3.63, 3.8) is 0 Å². The highest BCUT2D eigenvalue weighted by Gasteiger charge is 2.19. The smallest absolute Gasteiger partial charge is 0.193 e. The van der Waals surface area contributed by atoms with Gasteiger partial charge >= 0.3 is 0 Å². The summed E-state index contributed by atoms with van der Waals surface area (Å²) in [5, 5.41) is 7.38. The van der Waals surface area contributed by atoms with Crippen molar-refractivity contribution in [3.05, 3.63) is 17.5 Å². The van der Waals surface area contributed by atoms with E-state index in [4.69, 9.17) is 9.26 Å². The molecular weight excluding hydrogens is 395 g/mol. The number of nitrogens with zero attached hydrogens (tertiary/aromatic N) is 3. The largest absolute Gasteiger partial charge is 0.381 e. The summed E-state index contributed by atoms with van der Waals surface area (Å²) in [5.74, 6) is 2.67. The lowest BCUT2D eigenvalue weighted by Crippen LogP contribution is -2.41. The van der Waals surface area contributed by atoms with Gasteiger partial charge in [0.1, 0.15) is 0 Å². The molecule has 6 nitrogen and oxygen atoms in total. The Labute approximate surface area is 149 Å². The number of guanidine groups is 1. The minimum Gasteiger partial charge on any atom is -0.381 e. The second-order valence-corrected chi connectivity index (χ2v) is 5.88. The standard InChI is InChI=1S/C15H26N4O2.HI/c1-11(2)14-7-13(21-18-14)8-17-15(16-3)19(4)9-12-5-6-20-10-12;/h7,11-12H,5-6,8-10H2,1-4H3,(H,16,17);1H. The molecule has 0 bridgehead atoms. The Hall–Kier alpha value is -0.830. The zero-order chi connectivity index (χ0) is 15.2. The monoisotopic (exact) mass is 422 g/mol. The van der Waals surface area contributed by atoms with Crippen LogP contribution in [0.5, 0.6) is 0 Å². The Bertz CT molecular complexity index is 470. The number of nitrogens with one attached hydrogen (secondary N) is 1. The molecule has 0 aromatic carbocycles. The summed E-state index contributed by atoms with van der Waals surface area (Å²) in [4.78, 5) is 6.45. The van der Waals surface area contributed by atoms with E-state index in [9.17, 15) is 0 Å². The van der Waals surface area contributed by atoms with Gasteiger partial charge in [0.15, 0.2) is 11.7 Å². The summed E-state index contributed by atoms with van der Waals surface area (Å²) >= 11 is 0. The fourth-order valence-corrected chi connectivity index (χ4v) is 2.44. The normalized spacial score (nSPS) is 18.4. The zero-order valence-corrected chi connectivity index (χ0v) is 16.2. The molecule has 1 N–H and O–H groups in total. The number of rotatable bonds is 5. The van der Waals surface area contributed by atoms with Gasteiger partial charge in [-0.1, -0.05) is 19.0 Å². The summed E-state index contributed by atoms with van der Waals surface area (Å²) in [6, 6.07) is 2.00. The Morgan fingerprint density at radius 1 is 1.55 bits per heavy atom. The van der Waals surface area contributed by atoms with Crippen LogP contribution in [-0.4, -0.2) is 49.9 Å². The van der Waals surface area contributed by atoms with Crippen molar-refractivity contribution in [1.82, 2.24) is 15.4 Å². The van der Waals surface area contributed by atoms with Crippen molar-refractivity contribution < 1.29 is 9.26 Å². The van der Waals surface area contributed by atoms with Gasteiger partial charge in [-0.15, -0.1) is 24.0 Å². The molecule has 1 aliphatic heterocycles. The molecule has 0 spiro atoms. The number of aliphatic imine (C=N–C) groups is 1. The molecule has 0 radical (unpaired) electrons. The number of hydrogen-bond donors (Lipinski definition) is 1. The molecule has 2 heterocycles. The molecule has 1 aromatic rings. The highest BCUT2D eigenvalue weighted by atomic mass is 127. The molecule has 0 aliphatic carbocycles. The number of hydrogen-bond acceptors (Lipinski definition) is 4. The maximum atomic E-state index is 5.42. The van der Waals surface area contributed by atoms with E-state index in [0.29, 0.717) is 18.4 Å². The van der Waals surface area contributed by atoms with Crippen LogP contribution in [0.1, 0.15) is 37.6 Å². The highest BCUT2D eigenvalue weighted by molar-refractivity contribution is 14.0. The molecule has 1 aliphatic rings. The van der Waals surface area contributed by atoms with Crippen LogP contribution in [0.3, 0.4) is 0 Å². The van der Waals surface area contributed by atoms with Crippen molar-refractivity contribution in [2.45, 2.75) is 32.7 Å². The topological polar surface area (TPSA) is 62.9 Å². The van der Waals surface area contributed by atoms with Gasteiger partial charge in [-0.05, 0) is 12.3 Å². The van der Waals surface area contributed by atoms with Gasteiger partial charge in [0, 0.05) is 39.2 Å². The van der Waals surface area contributed by atoms with Crippen LogP contribution in [0.15, 0.2) is 15.6 Å². The number of ether oxygens (including phenoxy) is 1. The third kappa shape index (κ3) is 5.42. The lowest BCUT2D eigenvalue weighted by molar-refractivity contribution is 0.181. The molecule has 1 atom stereocenters. The second kappa shape index (κ2) is 9.34. The Morgan fingerprint density at radius 2 is 2.32 bits per heavy atom. The van der Waals surface area contributed by atoms with E-state index >= 15 is 0 Å². The molecule has 1 saturated heterocycles. The lowest BCUT2D eigenvalue weighted by Gasteiger charge is -2.24. The van der Waals surface area contributed by atoms with Gasteiger partial charge in [-0.2, -0.15) is 0 Å². The third-order valence-corrected chi connectivity index (χ3v) is 3.72. The maximum absolute atomic E-state index is 5.42. The van der Waals surface area contributed by atoms with Crippen molar-refractivity contribution in [2.24, 2.45) is 10.9 Å². The lowest BCUT2D eigenvalue weighted by atomic mass is 10.1. The first-order valence-electron chi connectivity index (χ1n) is 7.55. The van der Waals surface area contributed by atoms with Gasteiger partial charge < -0.3 is 19.5 Å². The van der Waals surface area contributed by atoms with Gasteiger partial charge in [0.25, 0.3) is 0 Å². The van der Waals surface area contributed by atoms with E-state index in [1.165, 1.54) is 0 Å². The third-order valence-electron chi connectivity index (χ3n) is 3.72. The van der Waals surface area contributed by atoms with Crippen molar-refractivity contribution >= 4 is 29.9 Å².